The van der Waals surface area contributed by atoms with Gasteiger partial charge in [0.05, 0.1) is 13.2 Å². The molecular formula is C32H33NO8. The quantitative estimate of drug-likeness (QED) is 0.424. The van der Waals surface area contributed by atoms with E-state index in [1.54, 1.807) is 25.3 Å². The number of para-hydroxylation sites is 5. The highest BCUT2D eigenvalue weighted by Crippen LogP contribution is 2.30. The first kappa shape index (κ1) is 28.2. The molecule has 0 fully saturated rings. The summed E-state index contributed by atoms with van der Waals surface area (Å²) in [4.78, 5) is 27.9. The van der Waals surface area contributed by atoms with Crippen molar-refractivity contribution in [2.45, 2.75) is 13.0 Å². The molecule has 3 aromatic carbocycles. The Morgan fingerprint density at radius 1 is 0.756 bits per heavy atom. The zero-order valence-corrected chi connectivity index (χ0v) is 22.9. The fourth-order valence-electron chi connectivity index (χ4n) is 4.55. The minimum absolute atomic E-state index is 0.0801. The number of hydrogen-bond acceptors (Lipinski definition) is 8. The molecule has 0 aliphatic carbocycles. The van der Waals surface area contributed by atoms with Crippen molar-refractivity contribution in [3.63, 3.8) is 0 Å². The Kier molecular flexibility index (Phi) is 9.51. The van der Waals surface area contributed by atoms with Crippen LogP contribution in [-0.2, 0) is 19.1 Å². The third-order valence-electron chi connectivity index (χ3n) is 6.61. The summed E-state index contributed by atoms with van der Waals surface area (Å²) in [6, 6.07) is 23.9. The Hall–Kier alpha value is -4.34. The lowest BCUT2D eigenvalue weighted by Crippen LogP contribution is -2.36. The SMILES string of the molecule is CC1=CN(c2ccccc2)C(=O)C1C(=O)COC1COc2ccccc2OCCOCCOc2ccccc2OC1. The van der Waals surface area contributed by atoms with Crippen LogP contribution in [0.4, 0.5) is 5.69 Å². The first-order chi connectivity index (χ1) is 20.1. The fourth-order valence-corrected chi connectivity index (χ4v) is 4.55. The molecule has 1 amide bonds. The van der Waals surface area contributed by atoms with Crippen LogP contribution in [0.3, 0.4) is 0 Å². The van der Waals surface area contributed by atoms with Crippen molar-refractivity contribution in [2.75, 3.05) is 51.1 Å². The highest BCUT2D eigenvalue weighted by molar-refractivity contribution is 6.14. The highest BCUT2D eigenvalue weighted by atomic mass is 16.6. The van der Waals surface area contributed by atoms with Gasteiger partial charge in [-0.25, -0.2) is 0 Å². The van der Waals surface area contributed by atoms with Gasteiger partial charge in [-0.15, -0.1) is 0 Å². The second kappa shape index (κ2) is 13.8. The summed E-state index contributed by atoms with van der Waals surface area (Å²) in [5.41, 5.74) is 1.37. The molecule has 0 aromatic heterocycles. The van der Waals surface area contributed by atoms with Crippen LogP contribution >= 0.6 is 0 Å². The molecule has 9 heteroatoms. The van der Waals surface area contributed by atoms with Crippen LogP contribution in [0, 0.1) is 5.92 Å². The number of carbonyl (C=O) groups excluding carboxylic acids is 2. The molecule has 2 heterocycles. The molecule has 3 aromatic rings. The smallest absolute Gasteiger partial charge is 0.245 e. The molecule has 41 heavy (non-hydrogen) atoms. The van der Waals surface area contributed by atoms with Gasteiger partial charge in [0.2, 0.25) is 5.91 Å². The highest BCUT2D eigenvalue weighted by Gasteiger charge is 2.37. The van der Waals surface area contributed by atoms with Gasteiger partial charge in [0.15, 0.2) is 28.8 Å². The monoisotopic (exact) mass is 559 g/mol. The van der Waals surface area contributed by atoms with Crippen LogP contribution in [0.2, 0.25) is 0 Å². The molecule has 1 atom stereocenters. The Morgan fingerprint density at radius 2 is 1.27 bits per heavy atom. The van der Waals surface area contributed by atoms with Crippen LogP contribution in [-0.4, -0.2) is 64.0 Å². The molecule has 9 nitrogen and oxygen atoms in total. The van der Waals surface area contributed by atoms with Crippen molar-refractivity contribution in [3.8, 4) is 23.0 Å². The summed E-state index contributed by atoms with van der Waals surface area (Å²) in [6.07, 6.45) is 1.07. The molecule has 0 saturated heterocycles. The van der Waals surface area contributed by atoms with E-state index < -0.39 is 12.0 Å². The van der Waals surface area contributed by atoms with Gasteiger partial charge in [0, 0.05) is 11.9 Å². The molecule has 214 valence electrons. The number of benzene rings is 3. The van der Waals surface area contributed by atoms with Crippen molar-refractivity contribution in [1.82, 2.24) is 0 Å². The Balaban J connectivity index is 1.29. The largest absolute Gasteiger partial charge is 0.487 e. The van der Waals surface area contributed by atoms with Crippen LogP contribution in [0.15, 0.2) is 90.6 Å². The van der Waals surface area contributed by atoms with Crippen LogP contribution < -0.4 is 23.8 Å². The molecule has 2 aliphatic heterocycles. The van der Waals surface area contributed by atoms with Gasteiger partial charge in [0.25, 0.3) is 0 Å². The summed E-state index contributed by atoms with van der Waals surface area (Å²) in [5, 5.41) is 0. The van der Waals surface area contributed by atoms with Gasteiger partial charge in [-0.05, 0) is 48.9 Å². The Labute approximate surface area is 239 Å². The second-order valence-electron chi connectivity index (χ2n) is 9.57. The third kappa shape index (κ3) is 7.25. The normalized spacial score (nSPS) is 18.6. The van der Waals surface area contributed by atoms with Crippen molar-refractivity contribution >= 4 is 17.4 Å². The van der Waals surface area contributed by atoms with Gasteiger partial charge in [-0.3, -0.25) is 14.5 Å². The summed E-state index contributed by atoms with van der Waals surface area (Å²) < 4.78 is 35.5. The first-order valence-electron chi connectivity index (χ1n) is 13.6. The van der Waals surface area contributed by atoms with Crippen molar-refractivity contribution < 1.29 is 38.0 Å². The van der Waals surface area contributed by atoms with E-state index in [1.165, 1.54) is 4.90 Å². The number of Topliss-reactive ketones (excluding diaryl/α,β-unsaturated/α-hetero) is 1. The predicted octanol–water partition coefficient (Wildman–Crippen LogP) is 4.45. The number of hydrogen-bond donors (Lipinski definition) is 0. The molecule has 0 bridgehead atoms. The average molecular weight is 560 g/mol. The number of carbonyl (C=O) groups is 2. The lowest BCUT2D eigenvalue weighted by molar-refractivity contribution is -0.135. The predicted molar refractivity (Wildman–Crippen MR) is 152 cm³/mol. The fraction of sp³-hybridized carbons (Fsp3) is 0.312. The Bertz CT molecular complexity index is 1300. The van der Waals surface area contributed by atoms with E-state index in [1.807, 2.05) is 66.7 Å². The number of fused-ring (bicyclic) bond motifs is 2. The van der Waals surface area contributed by atoms with E-state index >= 15 is 0 Å². The summed E-state index contributed by atoms with van der Waals surface area (Å²) in [6.45, 7) is 3.12. The maximum atomic E-state index is 13.3. The lowest BCUT2D eigenvalue weighted by atomic mass is 9.98. The number of rotatable bonds is 5. The van der Waals surface area contributed by atoms with Crippen molar-refractivity contribution in [1.29, 1.82) is 0 Å². The number of anilines is 1. The maximum Gasteiger partial charge on any atom is 0.245 e. The van der Waals surface area contributed by atoms with E-state index in [4.69, 9.17) is 28.4 Å². The van der Waals surface area contributed by atoms with Gasteiger partial charge in [0.1, 0.15) is 45.1 Å². The number of nitrogens with zero attached hydrogens (tertiary/aromatic N) is 1. The van der Waals surface area contributed by atoms with Crippen molar-refractivity contribution in [2.24, 2.45) is 5.92 Å². The first-order valence-corrected chi connectivity index (χ1v) is 13.6. The zero-order valence-electron chi connectivity index (χ0n) is 22.9. The third-order valence-corrected chi connectivity index (χ3v) is 6.61. The van der Waals surface area contributed by atoms with Crippen LogP contribution in [0.1, 0.15) is 6.92 Å². The number of ether oxygens (including phenoxy) is 6. The van der Waals surface area contributed by atoms with E-state index in [2.05, 4.69) is 0 Å². The molecule has 5 rings (SSSR count). The molecular weight excluding hydrogens is 526 g/mol. The molecule has 0 spiro atoms. The number of ketones is 1. The van der Waals surface area contributed by atoms with Crippen LogP contribution in [0.5, 0.6) is 23.0 Å². The standard InChI is InChI=1S/C32H33NO8/c1-23-19-33(24-9-3-2-4-10-24)32(35)31(23)26(34)22-39-25-20-40-29-13-7-5-11-27(29)37-17-15-36-16-18-38-28-12-6-8-14-30(28)41-21-25/h2-14,19,25,31H,15-18,20-22H2,1H3. The van der Waals surface area contributed by atoms with E-state index in [-0.39, 0.29) is 31.5 Å². The molecule has 2 aliphatic rings. The summed E-state index contributed by atoms with van der Waals surface area (Å²) in [5.74, 6) is 0.667. The zero-order chi connectivity index (χ0) is 28.4. The van der Waals surface area contributed by atoms with Gasteiger partial charge < -0.3 is 28.4 Å². The maximum absolute atomic E-state index is 13.3. The topological polar surface area (TPSA) is 92.8 Å². The average Bonchev–Trinajstić information content (AvgIpc) is 3.30. The minimum Gasteiger partial charge on any atom is -0.487 e. The minimum atomic E-state index is -0.909. The van der Waals surface area contributed by atoms with E-state index in [0.717, 1.165) is 0 Å². The molecule has 1 unspecified atom stereocenters. The van der Waals surface area contributed by atoms with E-state index in [9.17, 15) is 9.59 Å². The van der Waals surface area contributed by atoms with Gasteiger partial charge >= 0.3 is 0 Å². The van der Waals surface area contributed by atoms with Crippen LogP contribution in [0.25, 0.3) is 0 Å². The second-order valence-corrected chi connectivity index (χ2v) is 9.57. The number of amides is 1. The van der Waals surface area contributed by atoms with Gasteiger partial charge in [-0.1, -0.05) is 42.5 Å². The van der Waals surface area contributed by atoms with Crippen molar-refractivity contribution in [3.05, 3.63) is 90.6 Å². The molecule has 0 N–H and O–H groups in total. The lowest BCUT2D eigenvalue weighted by Gasteiger charge is -2.22. The Morgan fingerprint density at radius 3 is 1.83 bits per heavy atom. The molecule has 0 radical (unpaired) electrons. The van der Waals surface area contributed by atoms with E-state index in [0.29, 0.717) is 60.7 Å². The summed E-state index contributed by atoms with van der Waals surface area (Å²) in [7, 11) is 0. The molecule has 0 saturated carbocycles. The summed E-state index contributed by atoms with van der Waals surface area (Å²) >= 11 is 0. The van der Waals surface area contributed by atoms with Gasteiger partial charge in [-0.2, -0.15) is 0 Å².